The van der Waals surface area contributed by atoms with Gasteiger partial charge in [0.25, 0.3) is 0 Å². The van der Waals surface area contributed by atoms with Gasteiger partial charge in [-0.1, -0.05) is 19.9 Å². The molecule has 0 bridgehead atoms. The molecule has 0 amide bonds. The number of methoxy groups -OCH3 is 1. The molecular weight excluding hydrogens is 190 g/mol. The predicted molar refractivity (Wildman–Crippen MR) is 58.9 cm³/mol. The smallest absolute Gasteiger partial charge is 0.235 e. The fraction of sp³-hybridized carbons (Fsp3) is 0.417. The van der Waals surface area contributed by atoms with Gasteiger partial charge in [0.1, 0.15) is 5.75 Å². The molecule has 0 atom stereocenters. The SMILES string of the molecule is COc1ccc(C(C)C)cc1CN=C=O. The Morgan fingerprint density at radius 1 is 1.47 bits per heavy atom. The monoisotopic (exact) mass is 205 g/mol. The number of hydrogen-bond acceptors (Lipinski definition) is 3. The standard InChI is InChI=1S/C12H15NO2/c1-9(2)10-4-5-12(15-3)11(6-10)7-13-8-14/h4-6,9H,7H2,1-3H3. The van der Waals surface area contributed by atoms with Crippen LogP contribution in [0.4, 0.5) is 0 Å². The van der Waals surface area contributed by atoms with E-state index in [0.717, 1.165) is 11.3 Å². The first-order chi connectivity index (χ1) is 7.19. The van der Waals surface area contributed by atoms with E-state index in [2.05, 4.69) is 18.8 Å². The average Bonchev–Trinajstić information content (AvgIpc) is 2.25. The minimum absolute atomic E-state index is 0.327. The number of hydrogen-bond donors (Lipinski definition) is 0. The normalized spacial score (nSPS) is 9.87. The number of benzene rings is 1. The van der Waals surface area contributed by atoms with Gasteiger partial charge in [-0.2, -0.15) is 0 Å². The third-order valence-corrected chi connectivity index (χ3v) is 2.29. The highest BCUT2D eigenvalue weighted by molar-refractivity contribution is 5.40. The molecule has 0 N–H and O–H groups in total. The van der Waals surface area contributed by atoms with Crippen molar-refractivity contribution in [2.24, 2.45) is 4.99 Å². The lowest BCUT2D eigenvalue weighted by Gasteiger charge is -2.10. The summed E-state index contributed by atoms with van der Waals surface area (Å²) in [7, 11) is 1.61. The fourth-order valence-corrected chi connectivity index (χ4v) is 1.40. The Morgan fingerprint density at radius 3 is 2.73 bits per heavy atom. The summed E-state index contributed by atoms with van der Waals surface area (Å²) >= 11 is 0. The Labute approximate surface area is 89.8 Å². The van der Waals surface area contributed by atoms with Crippen LogP contribution in [0.2, 0.25) is 0 Å². The number of ether oxygens (including phenoxy) is 1. The lowest BCUT2D eigenvalue weighted by Crippen LogP contribution is -1.94. The van der Waals surface area contributed by atoms with Crippen LogP contribution in [-0.2, 0) is 11.3 Å². The van der Waals surface area contributed by atoms with Crippen molar-refractivity contribution in [2.45, 2.75) is 26.3 Å². The molecule has 1 aromatic rings. The summed E-state index contributed by atoms with van der Waals surface area (Å²) in [5, 5.41) is 0. The van der Waals surface area contributed by atoms with Crippen molar-refractivity contribution < 1.29 is 9.53 Å². The molecule has 0 aliphatic rings. The average molecular weight is 205 g/mol. The van der Waals surface area contributed by atoms with Crippen molar-refractivity contribution in [3.8, 4) is 5.75 Å². The molecule has 0 saturated heterocycles. The van der Waals surface area contributed by atoms with Gasteiger partial charge >= 0.3 is 0 Å². The van der Waals surface area contributed by atoms with E-state index in [4.69, 9.17) is 4.74 Å². The topological polar surface area (TPSA) is 38.7 Å². The highest BCUT2D eigenvalue weighted by Crippen LogP contribution is 2.24. The van der Waals surface area contributed by atoms with Crippen LogP contribution in [0, 0.1) is 0 Å². The van der Waals surface area contributed by atoms with E-state index in [1.807, 2.05) is 18.2 Å². The van der Waals surface area contributed by atoms with E-state index in [9.17, 15) is 4.79 Å². The summed E-state index contributed by atoms with van der Waals surface area (Å²) in [6.07, 6.45) is 1.54. The van der Waals surface area contributed by atoms with Crippen LogP contribution in [0.15, 0.2) is 23.2 Å². The first-order valence-electron chi connectivity index (χ1n) is 4.89. The quantitative estimate of drug-likeness (QED) is 0.560. The maximum Gasteiger partial charge on any atom is 0.235 e. The molecule has 0 aliphatic heterocycles. The Balaban J connectivity index is 3.06. The molecule has 0 aliphatic carbocycles. The lowest BCUT2D eigenvalue weighted by molar-refractivity contribution is 0.409. The maximum absolute atomic E-state index is 10.1. The van der Waals surface area contributed by atoms with Crippen LogP contribution in [0.3, 0.4) is 0 Å². The summed E-state index contributed by atoms with van der Waals surface area (Å²) in [6, 6.07) is 5.95. The van der Waals surface area contributed by atoms with Crippen LogP contribution >= 0.6 is 0 Å². The van der Waals surface area contributed by atoms with Gasteiger partial charge in [-0.25, -0.2) is 9.79 Å². The van der Waals surface area contributed by atoms with Crippen molar-refractivity contribution in [3.05, 3.63) is 29.3 Å². The summed E-state index contributed by atoms with van der Waals surface area (Å²) in [5.41, 5.74) is 2.14. The summed E-state index contributed by atoms with van der Waals surface area (Å²) in [5.74, 6) is 1.22. The molecule has 0 heterocycles. The van der Waals surface area contributed by atoms with E-state index in [-0.39, 0.29) is 0 Å². The van der Waals surface area contributed by atoms with E-state index in [1.165, 1.54) is 11.6 Å². The van der Waals surface area contributed by atoms with Gasteiger partial charge in [-0.3, -0.25) is 0 Å². The molecular formula is C12H15NO2. The zero-order valence-electron chi connectivity index (χ0n) is 9.28. The van der Waals surface area contributed by atoms with E-state index >= 15 is 0 Å². The van der Waals surface area contributed by atoms with Crippen LogP contribution in [0.1, 0.15) is 30.9 Å². The molecule has 0 fully saturated rings. The molecule has 15 heavy (non-hydrogen) atoms. The zero-order chi connectivity index (χ0) is 11.3. The Morgan fingerprint density at radius 2 is 2.20 bits per heavy atom. The van der Waals surface area contributed by atoms with Crippen molar-refractivity contribution in [1.29, 1.82) is 0 Å². The highest BCUT2D eigenvalue weighted by atomic mass is 16.5. The number of isocyanates is 1. The Bertz CT molecular complexity index is 379. The van der Waals surface area contributed by atoms with Crippen molar-refractivity contribution in [2.75, 3.05) is 7.11 Å². The van der Waals surface area contributed by atoms with Gasteiger partial charge in [0, 0.05) is 5.56 Å². The third-order valence-electron chi connectivity index (χ3n) is 2.29. The van der Waals surface area contributed by atoms with Gasteiger partial charge in [0.05, 0.1) is 13.7 Å². The molecule has 0 aromatic heterocycles. The highest BCUT2D eigenvalue weighted by Gasteiger charge is 2.06. The first kappa shape index (κ1) is 11.5. The van der Waals surface area contributed by atoms with Gasteiger partial charge in [0.2, 0.25) is 6.08 Å². The first-order valence-corrected chi connectivity index (χ1v) is 4.89. The Kier molecular flexibility index (Phi) is 4.07. The summed E-state index contributed by atoms with van der Waals surface area (Å²) in [6.45, 7) is 4.57. The second kappa shape index (κ2) is 5.32. The largest absolute Gasteiger partial charge is 0.496 e. The molecule has 0 unspecified atom stereocenters. The van der Waals surface area contributed by atoms with Crippen molar-refractivity contribution in [3.63, 3.8) is 0 Å². The van der Waals surface area contributed by atoms with E-state index in [1.54, 1.807) is 7.11 Å². The molecule has 3 nitrogen and oxygen atoms in total. The molecule has 1 aromatic carbocycles. The van der Waals surface area contributed by atoms with Crippen LogP contribution in [0.5, 0.6) is 5.75 Å². The minimum Gasteiger partial charge on any atom is -0.496 e. The van der Waals surface area contributed by atoms with Crippen LogP contribution in [0.25, 0.3) is 0 Å². The van der Waals surface area contributed by atoms with E-state index in [0.29, 0.717) is 12.5 Å². The second-order valence-corrected chi connectivity index (χ2v) is 3.63. The maximum atomic E-state index is 10.1. The van der Waals surface area contributed by atoms with Gasteiger partial charge in [-0.05, 0) is 23.6 Å². The minimum atomic E-state index is 0.327. The zero-order valence-corrected chi connectivity index (χ0v) is 9.28. The van der Waals surface area contributed by atoms with Gasteiger partial charge < -0.3 is 4.74 Å². The van der Waals surface area contributed by atoms with Crippen molar-refractivity contribution in [1.82, 2.24) is 0 Å². The molecule has 3 heteroatoms. The van der Waals surface area contributed by atoms with Crippen molar-refractivity contribution >= 4 is 6.08 Å². The molecule has 0 spiro atoms. The van der Waals surface area contributed by atoms with E-state index < -0.39 is 0 Å². The van der Waals surface area contributed by atoms with Crippen LogP contribution < -0.4 is 4.74 Å². The fourth-order valence-electron chi connectivity index (χ4n) is 1.40. The van der Waals surface area contributed by atoms with Crippen LogP contribution in [-0.4, -0.2) is 13.2 Å². The lowest BCUT2D eigenvalue weighted by atomic mass is 10.0. The van der Waals surface area contributed by atoms with Gasteiger partial charge in [-0.15, -0.1) is 0 Å². The molecule has 1 rings (SSSR count). The third kappa shape index (κ3) is 2.93. The number of carbonyl (C=O) groups excluding carboxylic acids is 1. The molecule has 0 saturated carbocycles. The number of rotatable bonds is 4. The molecule has 0 radical (unpaired) electrons. The predicted octanol–water partition coefficient (Wildman–Crippen LogP) is 2.65. The van der Waals surface area contributed by atoms with Gasteiger partial charge in [0.15, 0.2) is 0 Å². The number of nitrogens with zero attached hydrogens (tertiary/aromatic N) is 1. The number of aliphatic imine (C=N–C) groups is 1. The Hall–Kier alpha value is -1.60. The summed E-state index contributed by atoms with van der Waals surface area (Å²) < 4.78 is 5.19. The molecule has 80 valence electrons. The second-order valence-electron chi connectivity index (χ2n) is 3.63. The summed E-state index contributed by atoms with van der Waals surface area (Å²) in [4.78, 5) is 13.6.